The highest BCUT2D eigenvalue weighted by Gasteiger charge is 2.51. The smallest absolute Gasteiger partial charge is 0.197 e. The van der Waals surface area contributed by atoms with Crippen LogP contribution in [0, 0.1) is 0 Å². The SMILES string of the molecule is COc1cc(O)c2c(=O)cc(-c3ccc(O)cc3)oc2c1[C@@H]1O[C@H](CO)[C@@H](O)[C@H](O)[C@H]1O[C@@H]1O[C@@H](C)[C@H](O)[C@@H](O)[C@H]1O. The van der Waals surface area contributed by atoms with Crippen molar-refractivity contribution in [1.29, 1.82) is 0 Å². The summed E-state index contributed by atoms with van der Waals surface area (Å²) in [6.07, 6.45) is -15.5. The van der Waals surface area contributed by atoms with Gasteiger partial charge in [-0.2, -0.15) is 0 Å². The minimum Gasteiger partial charge on any atom is -0.508 e. The predicted molar refractivity (Wildman–Crippen MR) is 142 cm³/mol. The van der Waals surface area contributed by atoms with Gasteiger partial charge in [0.15, 0.2) is 17.3 Å². The zero-order chi connectivity index (χ0) is 30.5. The molecule has 3 heterocycles. The van der Waals surface area contributed by atoms with E-state index in [9.17, 15) is 45.6 Å². The van der Waals surface area contributed by atoms with Crippen LogP contribution in [-0.2, 0) is 14.2 Å². The summed E-state index contributed by atoms with van der Waals surface area (Å²) in [5, 5.41) is 82.8. The summed E-state index contributed by atoms with van der Waals surface area (Å²) in [6, 6.07) is 8.00. The van der Waals surface area contributed by atoms with Gasteiger partial charge in [0.1, 0.15) is 77.2 Å². The Kier molecular flexibility index (Phi) is 8.44. The largest absolute Gasteiger partial charge is 0.508 e. The maximum absolute atomic E-state index is 13.3. The lowest BCUT2D eigenvalue weighted by atomic mass is 9.89. The minimum absolute atomic E-state index is 0.0286. The molecule has 2 aliphatic heterocycles. The second kappa shape index (κ2) is 11.8. The van der Waals surface area contributed by atoms with E-state index in [2.05, 4.69) is 0 Å². The average Bonchev–Trinajstić information content (AvgIpc) is 2.97. The molecule has 0 saturated carbocycles. The molecule has 0 radical (unpaired) electrons. The second-order valence-electron chi connectivity index (χ2n) is 10.3. The molecular formula is C28H32O14. The molecule has 228 valence electrons. The molecule has 0 aliphatic carbocycles. The number of aromatic hydroxyl groups is 2. The number of aliphatic hydroxyl groups excluding tert-OH is 6. The van der Waals surface area contributed by atoms with Gasteiger partial charge in [-0.1, -0.05) is 0 Å². The van der Waals surface area contributed by atoms with E-state index >= 15 is 0 Å². The van der Waals surface area contributed by atoms with Gasteiger partial charge in [0.05, 0.1) is 25.4 Å². The molecule has 0 spiro atoms. The quantitative estimate of drug-likeness (QED) is 0.176. The number of rotatable bonds is 6. The zero-order valence-electron chi connectivity index (χ0n) is 22.5. The minimum atomic E-state index is -1.79. The molecule has 2 aromatic carbocycles. The molecule has 0 bridgehead atoms. The summed E-state index contributed by atoms with van der Waals surface area (Å²) in [5.41, 5.74) is -0.571. The third-order valence-corrected chi connectivity index (χ3v) is 7.60. The fraction of sp³-hybridized carbons (Fsp3) is 0.464. The topological polar surface area (TPSA) is 229 Å². The normalized spacial score (nSPS) is 33.5. The van der Waals surface area contributed by atoms with Gasteiger partial charge in [0.2, 0.25) is 0 Å². The molecule has 2 aliphatic rings. The lowest BCUT2D eigenvalue weighted by molar-refractivity contribution is -0.338. The van der Waals surface area contributed by atoms with Crippen LogP contribution in [0.5, 0.6) is 17.2 Å². The number of benzene rings is 2. The predicted octanol–water partition coefficient (Wildman–Crippen LogP) is -0.754. The molecule has 2 fully saturated rings. The molecule has 1 aromatic heterocycles. The Morgan fingerprint density at radius 1 is 0.881 bits per heavy atom. The third-order valence-electron chi connectivity index (χ3n) is 7.60. The van der Waals surface area contributed by atoms with Gasteiger partial charge in [-0.05, 0) is 31.2 Å². The van der Waals surface area contributed by atoms with Crippen LogP contribution in [0.15, 0.2) is 45.6 Å². The summed E-state index contributed by atoms with van der Waals surface area (Å²) in [7, 11) is 1.26. The summed E-state index contributed by atoms with van der Waals surface area (Å²) in [6.45, 7) is 0.682. The number of fused-ring (bicyclic) bond motifs is 1. The summed E-state index contributed by atoms with van der Waals surface area (Å²) < 4.78 is 29.0. The first-order chi connectivity index (χ1) is 20.0. The number of hydrogen-bond acceptors (Lipinski definition) is 14. The molecular weight excluding hydrogens is 560 g/mol. The highest BCUT2D eigenvalue weighted by Crippen LogP contribution is 2.45. The van der Waals surface area contributed by atoms with Gasteiger partial charge in [-0.15, -0.1) is 0 Å². The van der Waals surface area contributed by atoms with Crippen LogP contribution in [0.2, 0.25) is 0 Å². The molecule has 8 N–H and O–H groups in total. The Bertz CT molecular complexity index is 1470. The summed E-state index contributed by atoms with van der Waals surface area (Å²) >= 11 is 0. The van der Waals surface area contributed by atoms with Gasteiger partial charge in [-0.25, -0.2) is 0 Å². The van der Waals surface area contributed by atoms with Crippen molar-refractivity contribution < 1.29 is 64.2 Å². The van der Waals surface area contributed by atoms with Crippen molar-refractivity contribution in [2.24, 2.45) is 0 Å². The fourth-order valence-corrected chi connectivity index (χ4v) is 5.27. The number of aliphatic hydroxyl groups is 6. The van der Waals surface area contributed by atoms with Crippen LogP contribution < -0.4 is 10.2 Å². The Balaban J connectivity index is 1.69. The van der Waals surface area contributed by atoms with Crippen molar-refractivity contribution in [1.82, 2.24) is 0 Å². The van der Waals surface area contributed by atoms with Crippen LogP contribution in [0.1, 0.15) is 18.6 Å². The van der Waals surface area contributed by atoms with Crippen LogP contribution in [-0.4, -0.2) is 110 Å². The maximum Gasteiger partial charge on any atom is 0.197 e. The van der Waals surface area contributed by atoms with Gasteiger partial charge in [0, 0.05) is 17.7 Å². The average molecular weight is 593 g/mol. The second-order valence-corrected chi connectivity index (χ2v) is 10.3. The highest BCUT2D eigenvalue weighted by atomic mass is 16.7. The molecule has 2 saturated heterocycles. The summed E-state index contributed by atoms with van der Waals surface area (Å²) in [4.78, 5) is 13.3. The van der Waals surface area contributed by atoms with E-state index in [1.165, 1.54) is 38.3 Å². The van der Waals surface area contributed by atoms with E-state index in [1.807, 2.05) is 0 Å². The summed E-state index contributed by atoms with van der Waals surface area (Å²) in [5.74, 6) is -0.579. The first kappa shape index (κ1) is 30.2. The fourth-order valence-electron chi connectivity index (χ4n) is 5.27. The Hall–Kier alpha value is -3.31. The Morgan fingerprint density at radius 3 is 2.21 bits per heavy atom. The van der Waals surface area contributed by atoms with Crippen molar-refractivity contribution in [3.05, 3.63) is 52.2 Å². The first-order valence-corrected chi connectivity index (χ1v) is 13.1. The maximum atomic E-state index is 13.3. The van der Waals surface area contributed by atoms with Crippen molar-refractivity contribution in [2.45, 2.75) is 68.1 Å². The molecule has 0 unspecified atom stereocenters. The number of methoxy groups -OCH3 is 1. The van der Waals surface area contributed by atoms with E-state index in [-0.39, 0.29) is 33.8 Å². The molecule has 5 rings (SSSR count). The number of phenols is 2. The molecule has 0 amide bonds. The lowest BCUT2D eigenvalue weighted by Gasteiger charge is -2.46. The molecule has 3 aromatic rings. The van der Waals surface area contributed by atoms with Crippen molar-refractivity contribution in [3.63, 3.8) is 0 Å². The third kappa shape index (κ3) is 5.21. The Morgan fingerprint density at radius 2 is 1.57 bits per heavy atom. The standard InChI is InChI=1S/C28H32O14/c1-10-20(33)22(35)24(37)28(39-10)42-27-23(36)21(34)17(9-29)41-26(27)19-16(38-2)8-14(32)18-13(31)7-15(40-25(18)19)11-3-5-12(30)6-4-11/h3-8,10,17,20-24,26-30,32-37H,9H2,1-2H3/t10-,17+,20-,21+,22+,23-,24+,26-,27+,28-/m0/s1. The monoisotopic (exact) mass is 592 g/mol. The van der Waals surface area contributed by atoms with Crippen LogP contribution in [0.3, 0.4) is 0 Å². The van der Waals surface area contributed by atoms with Crippen molar-refractivity contribution in [3.8, 4) is 28.6 Å². The van der Waals surface area contributed by atoms with E-state index in [1.54, 1.807) is 0 Å². The van der Waals surface area contributed by atoms with Crippen molar-refractivity contribution in [2.75, 3.05) is 13.7 Å². The van der Waals surface area contributed by atoms with Crippen LogP contribution >= 0.6 is 0 Å². The van der Waals surface area contributed by atoms with Gasteiger partial charge < -0.3 is 64.2 Å². The number of phenolic OH excluding ortho intramolecular Hbond substituents is 2. The number of hydrogen-bond donors (Lipinski definition) is 8. The molecule has 42 heavy (non-hydrogen) atoms. The molecule has 10 atom stereocenters. The van der Waals surface area contributed by atoms with Crippen LogP contribution in [0.4, 0.5) is 0 Å². The molecule has 14 heteroatoms. The molecule has 14 nitrogen and oxygen atoms in total. The first-order valence-electron chi connectivity index (χ1n) is 13.1. The Labute approximate surface area is 238 Å². The van der Waals surface area contributed by atoms with E-state index in [4.69, 9.17) is 23.4 Å². The van der Waals surface area contributed by atoms with Crippen LogP contribution in [0.25, 0.3) is 22.3 Å². The van der Waals surface area contributed by atoms with E-state index in [0.717, 1.165) is 12.1 Å². The van der Waals surface area contributed by atoms with Crippen molar-refractivity contribution >= 4 is 11.0 Å². The van der Waals surface area contributed by atoms with Gasteiger partial charge >= 0.3 is 0 Å². The zero-order valence-corrected chi connectivity index (χ0v) is 22.5. The number of ether oxygens (including phenoxy) is 4. The van der Waals surface area contributed by atoms with E-state index in [0.29, 0.717) is 5.56 Å². The van der Waals surface area contributed by atoms with E-state index < -0.39 is 79.0 Å². The van der Waals surface area contributed by atoms with Gasteiger partial charge in [0.25, 0.3) is 0 Å². The van der Waals surface area contributed by atoms with Gasteiger partial charge in [-0.3, -0.25) is 4.79 Å². The lowest BCUT2D eigenvalue weighted by Crippen LogP contribution is -2.61. The highest BCUT2D eigenvalue weighted by molar-refractivity contribution is 5.89.